The Kier molecular flexibility index (Phi) is 5.71. The van der Waals surface area contributed by atoms with E-state index in [9.17, 15) is 9.59 Å². The number of anilines is 1. The van der Waals surface area contributed by atoms with Gasteiger partial charge in [-0.15, -0.1) is 0 Å². The summed E-state index contributed by atoms with van der Waals surface area (Å²) in [4.78, 5) is 30.3. The molecular weight excluding hydrogens is 314 g/mol. The molecule has 2 aromatic rings. The molecule has 5 nitrogen and oxygen atoms in total. The SMILES string of the molecule is CCN(CC)C(=O)c1cc(C(=O)Nc2ccccc2Cl)ccn1. The lowest BCUT2D eigenvalue weighted by atomic mass is 10.2. The van der Waals surface area contributed by atoms with Crippen molar-refractivity contribution >= 4 is 29.1 Å². The van der Waals surface area contributed by atoms with E-state index in [1.165, 1.54) is 12.3 Å². The number of para-hydroxylation sites is 1. The maximum atomic E-state index is 12.3. The van der Waals surface area contributed by atoms with Crippen molar-refractivity contribution in [3.63, 3.8) is 0 Å². The molecule has 2 rings (SSSR count). The smallest absolute Gasteiger partial charge is 0.272 e. The number of carbonyl (C=O) groups is 2. The lowest BCUT2D eigenvalue weighted by Gasteiger charge is -2.18. The Labute approximate surface area is 140 Å². The molecule has 0 fully saturated rings. The van der Waals surface area contributed by atoms with Crippen LogP contribution in [-0.2, 0) is 0 Å². The zero-order valence-electron chi connectivity index (χ0n) is 13.0. The molecule has 0 saturated carbocycles. The first-order valence-electron chi connectivity index (χ1n) is 7.38. The highest BCUT2D eigenvalue weighted by molar-refractivity contribution is 6.33. The molecular formula is C17H18ClN3O2. The van der Waals surface area contributed by atoms with Crippen molar-refractivity contribution < 1.29 is 9.59 Å². The summed E-state index contributed by atoms with van der Waals surface area (Å²) in [5.41, 5.74) is 1.13. The molecule has 0 radical (unpaired) electrons. The Bertz CT molecular complexity index is 714. The van der Waals surface area contributed by atoms with Crippen LogP contribution in [0.4, 0.5) is 5.69 Å². The molecule has 23 heavy (non-hydrogen) atoms. The first kappa shape index (κ1) is 17.0. The van der Waals surface area contributed by atoms with Gasteiger partial charge in [-0.05, 0) is 38.1 Å². The first-order chi connectivity index (χ1) is 11.1. The zero-order chi connectivity index (χ0) is 16.8. The number of amides is 2. The highest BCUT2D eigenvalue weighted by Crippen LogP contribution is 2.21. The molecule has 1 N–H and O–H groups in total. The molecule has 1 heterocycles. The van der Waals surface area contributed by atoms with Gasteiger partial charge in [0.15, 0.2) is 0 Å². The van der Waals surface area contributed by atoms with Crippen LogP contribution in [0.15, 0.2) is 42.6 Å². The van der Waals surface area contributed by atoms with Gasteiger partial charge in [-0.25, -0.2) is 0 Å². The number of carbonyl (C=O) groups excluding carboxylic acids is 2. The second kappa shape index (κ2) is 7.74. The number of benzene rings is 1. The van der Waals surface area contributed by atoms with Crippen molar-refractivity contribution in [2.24, 2.45) is 0 Å². The standard InChI is InChI=1S/C17H18ClN3O2/c1-3-21(4-2)17(23)15-11-12(9-10-19-15)16(22)20-14-8-6-5-7-13(14)18/h5-11H,3-4H2,1-2H3,(H,20,22). The van der Waals surface area contributed by atoms with Gasteiger partial charge in [-0.1, -0.05) is 23.7 Å². The van der Waals surface area contributed by atoms with Crippen molar-refractivity contribution in [1.82, 2.24) is 9.88 Å². The van der Waals surface area contributed by atoms with Gasteiger partial charge in [0.1, 0.15) is 5.69 Å². The third kappa shape index (κ3) is 4.07. The maximum absolute atomic E-state index is 12.3. The Balaban J connectivity index is 2.21. The van der Waals surface area contributed by atoms with Crippen LogP contribution < -0.4 is 5.32 Å². The fourth-order valence-electron chi connectivity index (χ4n) is 2.12. The van der Waals surface area contributed by atoms with Crippen LogP contribution in [0.2, 0.25) is 5.02 Å². The lowest BCUT2D eigenvalue weighted by Crippen LogP contribution is -2.31. The second-order valence-corrected chi connectivity index (χ2v) is 5.25. The number of nitrogens with zero attached hydrogens (tertiary/aromatic N) is 2. The van der Waals surface area contributed by atoms with Crippen molar-refractivity contribution in [2.45, 2.75) is 13.8 Å². The van der Waals surface area contributed by atoms with Crippen molar-refractivity contribution in [3.05, 3.63) is 58.9 Å². The highest BCUT2D eigenvalue weighted by Gasteiger charge is 2.16. The third-order valence-corrected chi connectivity index (χ3v) is 3.74. The average Bonchev–Trinajstić information content (AvgIpc) is 2.58. The van der Waals surface area contributed by atoms with E-state index in [2.05, 4.69) is 10.3 Å². The minimum atomic E-state index is -0.339. The Morgan fingerprint density at radius 2 is 1.87 bits per heavy atom. The summed E-state index contributed by atoms with van der Waals surface area (Å²) in [6.07, 6.45) is 1.46. The number of aromatic nitrogens is 1. The largest absolute Gasteiger partial charge is 0.338 e. The molecule has 0 unspecified atom stereocenters. The third-order valence-electron chi connectivity index (χ3n) is 3.41. The van der Waals surface area contributed by atoms with Crippen molar-refractivity contribution in [3.8, 4) is 0 Å². The van der Waals surface area contributed by atoms with E-state index in [0.29, 0.717) is 29.4 Å². The van der Waals surface area contributed by atoms with Crippen LogP contribution in [0.3, 0.4) is 0 Å². The Morgan fingerprint density at radius 1 is 1.17 bits per heavy atom. The molecule has 0 spiro atoms. The van der Waals surface area contributed by atoms with Gasteiger partial charge in [-0.3, -0.25) is 14.6 Å². The number of rotatable bonds is 5. The molecule has 1 aromatic carbocycles. The van der Waals surface area contributed by atoms with E-state index in [1.807, 2.05) is 13.8 Å². The van der Waals surface area contributed by atoms with Gasteiger partial charge < -0.3 is 10.2 Å². The average molecular weight is 332 g/mol. The van der Waals surface area contributed by atoms with Crippen LogP contribution in [-0.4, -0.2) is 34.8 Å². The summed E-state index contributed by atoms with van der Waals surface area (Å²) in [7, 11) is 0. The van der Waals surface area contributed by atoms with Gasteiger partial charge in [0.05, 0.1) is 10.7 Å². The monoisotopic (exact) mass is 331 g/mol. The second-order valence-electron chi connectivity index (χ2n) is 4.84. The molecule has 6 heteroatoms. The fourth-order valence-corrected chi connectivity index (χ4v) is 2.30. The number of hydrogen-bond donors (Lipinski definition) is 1. The van der Waals surface area contributed by atoms with Gasteiger partial charge in [0.25, 0.3) is 11.8 Å². The van der Waals surface area contributed by atoms with E-state index in [4.69, 9.17) is 11.6 Å². The molecule has 0 aliphatic heterocycles. The molecule has 0 aliphatic carbocycles. The zero-order valence-corrected chi connectivity index (χ0v) is 13.8. The van der Waals surface area contributed by atoms with E-state index in [-0.39, 0.29) is 17.5 Å². The summed E-state index contributed by atoms with van der Waals surface area (Å²) >= 11 is 6.03. The summed E-state index contributed by atoms with van der Waals surface area (Å²) in [5, 5.41) is 3.18. The summed E-state index contributed by atoms with van der Waals surface area (Å²) < 4.78 is 0. The van der Waals surface area contributed by atoms with Gasteiger partial charge >= 0.3 is 0 Å². The topological polar surface area (TPSA) is 62.3 Å². The van der Waals surface area contributed by atoms with Crippen LogP contribution in [0, 0.1) is 0 Å². The Morgan fingerprint density at radius 3 is 2.52 bits per heavy atom. The number of hydrogen-bond acceptors (Lipinski definition) is 3. The molecule has 0 atom stereocenters. The first-order valence-corrected chi connectivity index (χ1v) is 7.75. The van der Waals surface area contributed by atoms with E-state index in [1.54, 1.807) is 35.2 Å². The van der Waals surface area contributed by atoms with Gasteiger partial charge in [0, 0.05) is 24.8 Å². The molecule has 0 saturated heterocycles. The van der Waals surface area contributed by atoms with E-state index in [0.717, 1.165) is 0 Å². The van der Waals surface area contributed by atoms with Crippen molar-refractivity contribution in [2.75, 3.05) is 18.4 Å². The maximum Gasteiger partial charge on any atom is 0.272 e. The predicted octanol–water partition coefficient (Wildman–Crippen LogP) is 3.47. The van der Waals surface area contributed by atoms with Gasteiger partial charge in [0.2, 0.25) is 0 Å². The predicted molar refractivity (Wildman–Crippen MR) is 90.9 cm³/mol. The quantitative estimate of drug-likeness (QED) is 0.912. The molecule has 0 aliphatic rings. The Hall–Kier alpha value is -2.40. The van der Waals surface area contributed by atoms with Crippen LogP contribution in [0.5, 0.6) is 0 Å². The van der Waals surface area contributed by atoms with Crippen molar-refractivity contribution in [1.29, 1.82) is 0 Å². The minimum Gasteiger partial charge on any atom is -0.338 e. The molecule has 120 valence electrons. The van der Waals surface area contributed by atoms with Crippen LogP contribution >= 0.6 is 11.6 Å². The van der Waals surface area contributed by atoms with E-state index < -0.39 is 0 Å². The summed E-state index contributed by atoms with van der Waals surface area (Å²) in [6, 6.07) is 10.0. The van der Waals surface area contributed by atoms with Crippen LogP contribution in [0.1, 0.15) is 34.7 Å². The molecule has 0 bridgehead atoms. The minimum absolute atomic E-state index is 0.192. The summed E-state index contributed by atoms with van der Waals surface area (Å²) in [5.74, 6) is -0.531. The summed E-state index contributed by atoms with van der Waals surface area (Å²) in [6.45, 7) is 4.98. The number of nitrogens with one attached hydrogen (secondary N) is 1. The van der Waals surface area contributed by atoms with E-state index >= 15 is 0 Å². The molecule has 2 amide bonds. The van der Waals surface area contributed by atoms with Gasteiger partial charge in [-0.2, -0.15) is 0 Å². The molecule has 1 aromatic heterocycles. The lowest BCUT2D eigenvalue weighted by molar-refractivity contribution is 0.0767. The number of halogens is 1. The fraction of sp³-hybridized carbons (Fsp3) is 0.235. The number of pyridine rings is 1. The highest BCUT2D eigenvalue weighted by atomic mass is 35.5. The van der Waals surface area contributed by atoms with Crippen LogP contribution in [0.25, 0.3) is 0 Å². The normalized spacial score (nSPS) is 10.2.